The molecule has 344 valence electrons. The van der Waals surface area contributed by atoms with Crippen molar-refractivity contribution in [1.82, 2.24) is 0 Å². The first-order chi connectivity index (χ1) is 28.5. The van der Waals surface area contributed by atoms with Crippen LogP contribution in [0, 0.1) is 0 Å². The number of hydrogen-bond donors (Lipinski definition) is 1. The summed E-state index contributed by atoms with van der Waals surface area (Å²) in [5.74, 6) is -0.842. The van der Waals surface area contributed by atoms with Crippen LogP contribution in [0.1, 0.15) is 200 Å². The number of allylic oxidation sites excluding steroid dienone is 8. The SMILES string of the molecule is CC/C=C/C/C=C/C/C=C/C/C=C/CCCCC(=O)OC[C@H](COP(=O)(O)OCC[N+](C)(C)C)OC(=O)CCCCCCCCCCCCCCCCCCCCCC. The van der Waals surface area contributed by atoms with Gasteiger partial charge in [0, 0.05) is 12.8 Å². The molecular weight excluding hydrogens is 762 g/mol. The van der Waals surface area contributed by atoms with Crippen LogP contribution in [0.4, 0.5) is 0 Å². The molecule has 0 bridgehead atoms. The van der Waals surface area contributed by atoms with E-state index in [4.69, 9.17) is 18.5 Å². The van der Waals surface area contributed by atoms with Crippen molar-refractivity contribution < 1.29 is 42.1 Å². The summed E-state index contributed by atoms with van der Waals surface area (Å²) in [6.45, 7) is 4.28. The largest absolute Gasteiger partial charge is 0.472 e. The minimum atomic E-state index is -4.39. The molecule has 0 aromatic rings. The second-order valence-corrected chi connectivity index (χ2v) is 18.6. The molecular formula is C49H91NO8P+. The third-order valence-electron chi connectivity index (χ3n) is 10.1. The number of carbonyl (C=O) groups is 2. The zero-order chi connectivity index (χ0) is 43.6. The highest BCUT2D eigenvalue weighted by molar-refractivity contribution is 7.47. The molecule has 0 radical (unpaired) electrons. The molecule has 0 aliphatic heterocycles. The Morgan fingerprint density at radius 3 is 1.44 bits per heavy atom. The van der Waals surface area contributed by atoms with Gasteiger partial charge >= 0.3 is 19.8 Å². The highest BCUT2D eigenvalue weighted by Gasteiger charge is 2.27. The maximum absolute atomic E-state index is 12.7. The highest BCUT2D eigenvalue weighted by atomic mass is 31.2. The molecule has 59 heavy (non-hydrogen) atoms. The molecule has 1 N–H and O–H groups in total. The third kappa shape index (κ3) is 45.3. The average molecular weight is 853 g/mol. The lowest BCUT2D eigenvalue weighted by Gasteiger charge is -2.24. The molecule has 0 rings (SSSR count). The lowest BCUT2D eigenvalue weighted by Crippen LogP contribution is -2.37. The molecule has 0 aromatic heterocycles. The maximum atomic E-state index is 12.7. The molecule has 0 amide bonds. The standard InChI is InChI=1S/C49H90NO8P/c1-6-8-10-12-14-16-18-20-22-23-24-25-26-28-30-32-34-36-38-40-42-49(52)58-47(46-57-59(53,54)56-44-43-50(3,4)5)45-55-48(51)41-39-37-35-33-31-29-27-21-19-17-15-13-11-9-7-2/h9,11,15,17,21,27,31,33,47H,6-8,10,12-14,16,18-20,22-26,28-30,32,34-46H2,1-5H3/p+1/b11-9+,17-15+,27-21+,33-31+/t47-/m1/s1. The summed E-state index contributed by atoms with van der Waals surface area (Å²) in [5.41, 5.74) is 0. The average Bonchev–Trinajstić information content (AvgIpc) is 3.19. The Bertz CT molecular complexity index is 1150. The number of nitrogens with zero attached hydrogens (tertiary/aromatic N) is 1. The Balaban J connectivity index is 4.32. The first kappa shape index (κ1) is 57.0. The van der Waals surface area contributed by atoms with Gasteiger partial charge in [-0.3, -0.25) is 18.6 Å². The smallest absolute Gasteiger partial charge is 0.462 e. The fourth-order valence-corrected chi connectivity index (χ4v) is 7.16. The van der Waals surface area contributed by atoms with Gasteiger partial charge < -0.3 is 18.9 Å². The first-order valence-electron chi connectivity index (χ1n) is 23.9. The highest BCUT2D eigenvalue weighted by Crippen LogP contribution is 2.43. The summed E-state index contributed by atoms with van der Waals surface area (Å²) in [6.07, 6.45) is 48.8. The number of hydrogen-bond acceptors (Lipinski definition) is 7. The third-order valence-corrected chi connectivity index (χ3v) is 11.1. The van der Waals surface area contributed by atoms with Gasteiger partial charge in [0.2, 0.25) is 0 Å². The molecule has 0 fully saturated rings. The number of quaternary nitrogens is 1. The number of likely N-dealkylation sites (N-methyl/N-ethyl adjacent to an activating group) is 1. The summed E-state index contributed by atoms with van der Waals surface area (Å²) < 4.78 is 34.3. The first-order valence-corrected chi connectivity index (χ1v) is 25.4. The van der Waals surface area contributed by atoms with Crippen LogP contribution in [0.15, 0.2) is 48.6 Å². The summed E-state index contributed by atoms with van der Waals surface area (Å²) in [7, 11) is 1.45. The summed E-state index contributed by atoms with van der Waals surface area (Å²) in [5, 5.41) is 0. The lowest BCUT2D eigenvalue weighted by molar-refractivity contribution is -0.870. The van der Waals surface area contributed by atoms with Crippen molar-refractivity contribution in [2.24, 2.45) is 0 Å². The Morgan fingerprint density at radius 1 is 0.542 bits per heavy atom. The number of phosphoric acid groups is 1. The lowest BCUT2D eigenvalue weighted by atomic mass is 10.0. The van der Waals surface area contributed by atoms with Crippen LogP contribution in [0.5, 0.6) is 0 Å². The van der Waals surface area contributed by atoms with E-state index in [-0.39, 0.29) is 26.1 Å². The molecule has 0 saturated heterocycles. The monoisotopic (exact) mass is 853 g/mol. The summed E-state index contributed by atoms with van der Waals surface area (Å²) in [4.78, 5) is 35.4. The predicted molar refractivity (Wildman–Crippen MR) is 247 cm³/mol. The van der Waals surface area contributed by atoms with E-state index in [9.17, 15) is 19.0 Å². The van der Waals surface area contributed by atoms with Crippen LogP contribution in [0.2, 0.25) is 0 Å². The van der Waals surface area contributed by atoms with Crippen molar-refractivity contribution in [2.75, 3.05) is 47.5 Å². The van der Waals surface area contributed by atoms with Gasteiger partial charge in [0.15, 0.2) is 6.10 Å². The van der Waals surface area contributed by atoms with Crippen molar-refractivity contribution in [3.05, 3.63) is 48.6 Å². The topological polar surface area (TPSA) is 108 Å². The Labute approximate surface area is 363 Å². The van der Waals surface area contributed by atoms with E-state index in [1.54, 1.807) is 0 Å². The van der Waals surface area contributed by atoms with E-state index in [1.807, 2.05) is 21.1 Å². The van der Waals surface area contributed by atoms with Gasteiger partial charge in [-0.05, 0) is 51.4 Å². The zero-order valence-corrected chi connectivity index (χ0v) is 39.6. The van der Waals surface area contributed by atoms with Crippen LogP contribution in [0.3, 0.4) is 0 Å². The van der Waals surface area contributed by atoms with Gasteiger partial charge in [0.1, 0.15) is 19.8 Å². The minimum Gasteiger partial charge on any atom is -0.462 e. The molecule has 0 aliphatic carbocycles. The molecule has 0 heterocycles. The Hall–Kier alpha value is -2.03. The van der Waals surface area contributed by atoms with E-state index in [1.165, 1.54) is 109 Å². The molecule has 2 atom stereocenters. The fraction of sp³-hybridized carbons (Fsp3) is 0.796. The number of rotatable bonds is 43. The molecule has 1 unspecified atom stereocenters. The van der Waals surface area contributed by atoms with Crippen LogP contribution in [-0.2, 0) is 32.7 Å². The van der Waals surface area contributed by atoms with E-state index in [2.05, 4.69) is 62.5 Å². The van der Waals surface area contributed by atoms with Gasteiger partial charge in [-0.25, -0.2) is 4.57 Å². The zero-order valence-electron chi connectivity index (χ0n) is 38.7. The number of esters is 2. The van der Waals surface area contributed by atoms with Gasteiger partial charge in [-0.1, -0.05) is 184 Å². The number of phosphoric ester groups is 1. The molecule has 0 aliphatic rings. The van der Waals surface area contributed by atoms with Crippen molar-refractivity contribution >= 4 is 19.8 Å². The molecule has 0 saturated carbocycles. The van der Waals surface area contributed by atoms with E-state index >= 15 is 0 Å². The number of unbranched alkanes of at least 4 members (excludes halogenated alkanes) is 21. The Kier molecular flexibility index (Phi) is 39.9. The number of carbonyl (C=O) groups excluding carboxylic acids is 2. The van der Waals surface area contributed by atoms with Gasteiger partial charge in [-0.15, -0.1) is 0 Å². The molecule has 10 heteroatoms. The minimum absolute atomic E-state index is 0.0249. The molecule has 0 aromatic carbocycles. The van der Waals surface area contributed by atoms with Gasteiger partial charge in [0.25, 0.3) is 0 Å². The van der Waals surface area contributed by atoms with Crippen LogP contribution in [0.25, 0.3) is 0 Å². The maximum Gasteiger partial charge on any atom is 0.472 e. The van der Waals surface area contributed by atoms with Crippen LogP contribution in [-0.4, -0.2) is 74.9 Å². The van der Waals surface area contributed by atoms with Crippen molar-refractivity contribution in [2.45, 2.75) is 206 Å². The molecule has 9 nitrogen and oxygen atoms in total. The summed E-state index contributed by atoms with van der Waals surface area (Å²) >= 11 is 0. The van der Waals surface area contributed by atoms with E-state index < -0.39 is 32.5 Å². The van der Waals surface area contributed by atoms with E-state index in [0.29, 0.717) is 23.9 Å². The second-order valence-electron chi connectivity index (χ2n) is 17.1. The van der Waals surface area contributed by atoms with Crippen molar-refractivity contribution in [1.29, 1.82) is 0 Å². The van der Waals surface area contributed by atoms with Crippen LogP contribution >= 0.6 is 7.82 Å². The number of ether oxygens (including phenoxy) is 2. The predicted octanol–water partition coefficient (Wildman–Crippen LogP) is 13.9. The fourth-order valence-electron chi connectivity index (χ4n) is 6.42. The van der Waals surface area contributed by atoms with Crippen molar-refractivity contribution in [3.8, 4) is 0 Å². The van der Waals surface area contributed by atoms with Gasteiger partial charge in [0.05, 0.1) is 27.7 Å². The van der Waals surface area contributed by atoms with Crippen molar-refractivity contribution in [3.63, 3.8) is 0 Å². The summed E-state index contributed by atoms with van der Waals surface area (Å²) in [6, 6.07) is 0. The van der Waals surface area contributed by atoms with Crippen LogP contribution < -0.4 is 0 Å². The Morgan fingerprint density at radius 2 is 0.966 bits per heavy atom. The van der Waals surface area contributed by atoms with E-state index in [0.717, 1.165) is 51.4 Å². The quantitative estimate of drug-likeness (QED) is 0.0212. The second kappa shape index (κ2) is 41.3. The van der Waals surface area contributed by atoms with Gasteiger partial charge in [-0.2, -0.15) is 0 Å². The molecule has 0 spiro atoms. The normalized spacial score (nSPS) is 13.9.